The maximum atomic E-state index is 12.4. The number of benzene rings is 1. The van der Waals surface area contributed by atoms with Crippen molar-refractivity contribution in [1.82, 2.24) is 4.85 Å². The third kappa shape index (κ3) is 3.50. The summed E-state index contributed by atoms with van der Waals surface area (Å²) in [6.45, 7) is -0.222. The molecule has 2 aliphatic rings. The molecular formula is C13H16N3O6P. The maximum Gasteiger partial charge on any atom is 0.469 e. The first kappa shape index (κ1) is 16.3. The fourth-order valence-electron chi connectivity index (χ4n) is 2.73. The van der Waals surface area contributed by atoms with Gasteiger partial charge in [-0.05, 0) is 34.9 Å². The molecule has 23 heavy (non-hydrogen) atoms. The predicted octanol–water partition coefficient (Wildman–Crippen LogP) is -1.37. The van der Waals surface area contributed by atoms with Crippen LogP contribution in [0.4, 0.5) is 5.69 Å². The van der Waals surface area contributed by atoms with Crippen molar-refractivity contribution in [3.63, 3.8) is 0 Å². The Morgan fingerprint density at radius 1 is 1.43 bits per heavy atom. The summed E-state index contributed by atoms with van der Waals surface area (Å²) < 4.78 is 14.9. The Bertz CT molecular complexity index is 831. The van der Waals surface area contributed by atoms with E-state index in [1.54, 1.807) is 12.1 Å². The minimum Gasteiger partial charge on any atom is -0.622 e. The van der Waals surface area contributed by atoms with Crippen LogP contribution in [-0.2, 0) is 15.5 Å². The molecule has 0 radical (unpaired) electrons. The highest BCUT2D eigenvalue weighted by molar-refractivity contribution is 7.46. The first-order chi connectivity index (χ1) is 10.8. The number of quaternary nitrogens is 1. The topological polar surface area (TPSA) is 133 Å². The molecule has 0 spiro atoms. The Balaban J connectivity index is 1.80. The van der Waals surface area contributed by atoms with E-state index in [4.69, 9.17) is 9.79 Å². The summed E-state index contributed by atoms with van der Waals surface area (Å²) in [5.74, 6) is 0.0692. The molecule has 0 fully saturated rings. The molecule has 3 rings (SSSR count). The Kier molecular flexibility index (Phi) is 4.33. The number of hydrogen-bond donors (Lipinski definition) is 3. The Morgan fingerprint density at radius 2 is 2.22 bits per heavy atom. The number of phosphoric ester groups is 1. The molecule has 124 valence electrons. The van der Waals surface area contributed by atoms with Crippen molar-refractivity contribution in [2.45, 2.75) is 25.7 Å². The van der Waals surface area contributed by atoms with Gasteiger partial charge in [0.25, 0.3) is 5.84 Å². The molecule has 9 nitrogen and oxygen atoms in total. The van der Waals surface area contributed by atoms with Gasteiger partial charge in [0.05, 0.1) is 18.1 Å². The van der Waals surface area contributed by atoms with E-state index in [1.807, 2.05) is 6.08 Å². The third-order valence-corrected chi connectivity index (χ3v) is 4.30. The molecule has 1 atom stereocenters. The number of nitrogens with zero attached hydrogens (tertiary/aromatic N) is 2. The molecule has 1 aliphatic carbocycles. The van der Waals surface area contributed by atoms with Gasteiger partial charge in [0.15, 0.2) is 0 Å². The highest BCUT2D eigenvalue weighted by atomic mass is 31.2. The van der Waals surface area contributed by atoms with Gasteiger partial charge in [-0.15, -0.1) is 0 Å². The summed E-state index contributed by atoms with van der Waals surface area (Å²) in [4.78, 5) is 17.6. The molecule has 3 N–H and O–H groups in total. The van der Waals surface area contributed by atoms with E-state index >= 15 is 0 Å². The van der Waals surface area contributed by atoms with E-state index in [0.29, 0.717) is 10.5 Å². The third-order valence-electron chi connectivity index (χ3n) is 3.78. The van der Waals surface area contributed by atoms with Crippen molar-refractivity contribution >= 4 is 25.4 Å². The van der Waals surface area contributed by atoms with Crippen molar-refractivity contribution < 1.29 is 23.9 Å². The quantitative estimate of drug-likeness (QED) is 0.262. The summed E-state index contributed by atoms with van der Waals surface area (Å²) >= 11 is 0. The highest BCUT2D eigenvalue weighted by Crippen LogP contribution is 2.35. The average molecular weight is 341 g/mol. The number of hydrogen-bond acceptors (Lipinski definition) is 5. The maximum absolute atomic E-state index is 12.4. The van der Waals surface area contributed by atoms with Crippen molar-refractivity contribution in [3.05, 3.63) is 38.7 Å². The zero-order valence-electron chi connectivity index (χ0n) is 12.1. The highest BCUT2D eigenvalue weighted by Gasteiger charge is 2.26. The molecular weight excluding hydrogens is 325 g/mol. The van der Waals surface area contributed by atoms with Crippen LogP contribution < -0.4 is 20.5 Å². The average Bonchev–Trinajstić information content (AvgIpc) is 2.93. The van der Waals surface area contributed by atoms with E-state index in [2.05, 4.69) is 9.63 Å². The molecule has 0 aromatic heterocycles. The second kappa shape index (κ2) is 6.12. The molecule has 0 bridgehead atoms. The molecule has 0 saturated carbocycles. The van der Waals surface area contributed by atoms with Crippen molar-refractivity contribution in [2.24, 2.45) is 5.10 Å². The molecule has 1 aromatic rings. The number of nitrogens with one attached hydrogen (secondary N) is 1. The van der Waals surface area contributed by atoms with Gasteiger partial charge in [0, 0.05) is 12.1 Å². The lowest BCUT2D eigenvalue weighted by atomic mass is 10.1. The lowest BCUT2D eigenvalue weighted by Gasteiger charge is -2.23. The zero-order chi connectivity index (χ0) is 16.6. The number of amidine groups is 1. The van der Waals surface area contributed by atoms with Gasteiger partial charge >= 0.3 is 13.2 Å². The van der Waals surface area contributed by atoms with Crippen LogP contribution in [0.15, 0.2) is 17.2 Å². The molecule has 0 amide bonds. The van der Waals surface area contributed by atoms with Crippen LogP contribution in [0.25, 0.3) is 6.08 Å². The first-order valence-electron chi connectivity index (χ1n) is 7.15. The zero-order valence-corrected chi connectivity index (χ0v) is 13.0. The fourth-order valence-corrected chi connectivity index (χ4v) is 3.10. The van der Waals surface area contributed by atoms with E-state index < -0.39 is 7.82 Å². The molecule has 1 unspecified atom stereocenters. The van der Waals surface area contributed by atoms with Crippen LogP contribution in [0.5, 0.6) is 0 Å². The molecule has 1 heterocycles. The Morgan fingerprint density at radius 3 is 2.96 bits per heavy atom. The van der Waals surface area contributed by atoms with E-state index in [1.165, 1.54) is 0 Å². The summed E-state index contributed by atoms with van der Waals surface area (Å²) in [5, 5.41) is 29.1. The van der Waals surface area contributed by atoms with Crippen molar-refractivity contribution in [2.75, 3.05) is 6.61 Å². The van der Waals surface area contributed by atoms with Gasteiger partial charge in [0.1, 0.15) is 0 Å². The second-order valence-corrected chi connectivity index (χ2v) is 6.63. The smallest absolute Gasteiger partial charge is 0.469 e. The second-order valence-electron chi connectivity index (χ2n) is 5.39. The lowest BCUT2D eigenvalue weighted by Crippen LogP contribution is -3.07. The largest absolute Gasteiger partial charge is 0.622 e. The monoisotopic (exact) mass is 341 g/mol. The van der Waals surface area contributed by atoms with Gasteiger partial charge < -0.3 is 20.2 Å². The van der Waals surface area contributed by atoms with Crippen LogP contribution >= 0.6 is 7.82 Å². The minimum absolute atomic E-state index is 0.0692. The fraction of sp³-hybridized carbons (Fsp3) is 0.385. The summed E-state index contributed by atoms with van der Waals surface area (Å²) in [5.41, 5.74) is 1.35. The first-order valence-corrected chi connectivity index (χ1v) is 8.68. The van der Waals surface area contributed by atoms with Crippen molar-refractivity contribution in [1.29, 1.82) is 0 Å². The standard InChI is InChI=1S/C13H16N3O6P/c17-15-11-7-9-3-1-4-10(9)8-12(11)16(18)14-13(15)5-2-6-22-23(19,20)21/h3,7-8,15H,1-2,4-6H2,(H2,19,20,21). The molecule has 1 aliphatic heterocycles. The van der Waals surface area contributed by atoms with Gasteiger partial charge in [-0.25, -0.2) is 4.57 Å². The van der Waals surface area contributed by atoms with Crippen LogP contribution in [0.1, 0.15) is 24.8 Å². The Hall–Kier alpha value is -1.61. The van der Waals surface area contributed by atoms with Crippen molar-refractivity contribution in [3.8, 4) is 0 Å². The molecule has 1 aromatic carbocycles. The van der Waals surface area contributed by atoms with Gasteiger partial charge in [-0.1, -0.05) is 6.08 Å². The molecule has 0 saturated heterocycles. The SMILES string of the molecule is O=P(O)(O)OCCCC1=N[N+]([O-])=c2cc3c(cc2[NH+]1[O-])=CCC3. The van der Waals surface area contributed by atoms with Gasteiger partial charge in [-0.3, -0.25) is 9.59 Å². The molecule has 10 heteroatoms. The number of fused-ring (bicyclic) bond motifs is 2. The summed E-state index contributed by atoms with van der Waals surface area (Å²) in [6, 6.07) is 3.42. The minimum atomic E-state index is -4.53. The van der Waals surface area contributed by atoms with Gasteiger partial charge in [-0.2, -0.15) is 0 Å². The van der Waals surface area contributed by atoms with Crippen LogP contribution in [0.3, 0.4) is 0 Å². The van der Waals surface area contributed by atoms with Crippen LogP contribution in [0.2, 0.25) is 0 Å². The number of hydrazone groups is 1. The van der Waals surface area contributed by atoms with E-state index in [0.717, 1.165) is 23.6 Å². The van der Waals surface area contributed by atoms with Crippen LogP contribution in [0, 0.1) is 10.4 Å². The summed E-state index contributed by atoms with van der Waals surface area (Å²) in [6.07, 6.45) is 4.05. The normalized spacial score (nSPS) is 19.9. The van der Waals surface area contributed by atoms with E-state index in [-0.39, 0.29) is 35.7 Å². The van der Waals surface area contributed by atoms with E-state index in [9.17, 15) is 15.0 Å². The Labute approximate surface area is 131 Å². The lowest BCUT2D eigenvalue weighted by molar-refractivity contribution is -0.672. The van der Waals surface area contributed by atoms with Crippen LogP contribution in [-0.4, -0.2) is 22.2 Å². The number of hydroxylamine groups is 1. The number of aryl methyl sites for hydroxylation is 1. The summed E-state index contributed by atoms with van der Waals surface area (Å²) in [7, 11) is -4.53. The predicted molar refractivity (Wildman–Crippen MR) is 81.7 cm³/mol. The number of rotatable bonds is 5. The number of phosphoric acid groups is 1. The van der Waals surface area contributed by atoms with Gasteiger partial charge in [0.2, 0.25) is 5.69 Å².